The zero-order valence-corrected chi connectivity index (χ0v) is 12.6. The monoisotopic (exact) mass is 303 g/mol. The minimum absolute atomic E-state index is 0.0336. The molecular formula is C15H17N3O2S. The van der Waals surface area contributed by atoms with E-state index in [1.807, 2.05) is 17.2 Å². The first-order chi connectivity index (χ1) is 10.1. The van der Waals surface area contributed by atoms with Crippen LogP contribution in [0.4, 0.5) is 5.13 Å². The first-order valence-corrected chi connectivity index (χ1v) is 7.76. The SMILES string of the molecule is Cc1cc(O)ccc1C(=O)N1CCN(c2nccs2)CC1. The molecule has 1 saturated heterocycles. The molecular weight excluding hydrogens is 286 g/mol. The second kappa shape index (κ2) is 5.73. The number of thiazole rings is 1. The van der Waals surface area contributed by atoms with Crippen LogP contribution in [0.1, 0.15) is 15.9 Å². The smallest absolute Gasteiger partial charge is 0.254 e. The Morgan fingerprint density at radius 3 is 2.67 bits per heavy atom. The molecule has 1 aromatic heterocycles. The van der Waals surface area contributed by atoms with Crippen molar-refractivity contribution in [2.24, 2.45) is 0 Å². The maximum absolute atomic E-state index is 12.5. The van der Waals surface area contributed by atoms with E-state index in [1.54, 1.807) is 35.7 Å². The van der Waals surface area contributed by atoms with E-state index in [4.69, 9.17) is 0 Å². The first kappa shape index (κ1) is 13.9. The molecule has 110 valence electrons. The third kappa shape index (κ3) is 2.85. The highest BCUT2D eigenvalue weighted by atomic mass is 32.1. The zero-order chi connectivity index (χ0) is 14.8. The summed E-state index contributed by atoms with van der Waals surface area (Å²) in [4.78, 5) is 20.9. The Kier molecular flexibility index (Phi) is 3.79. The fraction of sp³-hybridized carbons (Fsp3) is 0.333. The molecule has 0 saturated carbocycles. The Labute approximate surface area is 127 Å². The summed E-state index contributed by atoms with van der Waals surface area (Å²) in [5.74, 6) is 0.226. The summed E-state index contributed by atoms with van der Waals surface area (Å²) >= 11 is 1.62. The van der Waals surface area contributed by atoms with E-state index < -0.39 is 0 Å². The fourth-order valence-electron chi connectivity index (χ4n) is 2.53. The highest BCUT2D eigenvalue weighted by molar-refractivity contribution is 7.13. The predicted molar refractivity (Wildman–Crippen MR) is 83.1 cm³/mol. The Morgan fingerprint density at radius 1 is 1.29 bits per heavy atom. The van der Waals surface area contributed by atoms with E-state index in [0.717, 1.165) is 23.8 Å². The van der Waals surface area contributed by atoms with Gasteiger partial charge >= 0.3 is 0 Å². The van der Waals surface area contributed by atoms with Crippen LogP contribution in [0.3, 0.4) is 0 Å². The van der Waals surface area contributed by atoms with Crippen molar-refractivity contribution in [3.63, 3.8) is 0 Å². The maximum atomic E-state index is 12.5. The van der Waals surface area contributed by atoms with Gasteiger partial charge in [0.1, 0.15) is 5.75 Å². The molecule has 0 atom stereocenters. The summed E-state index contributed by atoms with van der Waals surface area (Å²) in [6.45, 7) is 4.84. The second-order valence-corrected chi connectivity index (χ2v) is 5.97. The maximum Gasteiger partial charge on any atom is 0.254 e. The average Bonchev–Trinajstić information content (AvgIpc) is 3.01. The molecule has 2 heterocycles. The van der Waals surface area contributed by atoms with Gasteiger partial charge in [-0.15, -0.1) is 11.3 Å². The van der Waals surface area contributed by atoms with Crippen molar-refractivity contribution >= 4 is 22.4 Å². The van der Waals surface area contributed by atoms with E-state index >= 15 is 0 Å². The largest absolute Gasteiger partial charge is 0.508 e. The lowest BCUT2D eigenvalue weighted by molar-refractivity contribution is 0.0746. The molecule has 6 heteroatoms. The molecule has 1 aliphatic rings. The molecule has 1 fully saturated rings. The number of hydrogen-bond donors (Lipinski definition) is 1. The highest BCUT2D eigenvalue weighted by Crippen LogP contribution is 2.21. The number of rotatable bonds is 2. The van der Waals surface area contributed by atoms with E-state index in [2.05, 4.69) is 9.88 Å². The molecule has 0 spiro atoms. The van der Waals surface area contributed by atoms with Crippen LogP contribution in [0, 0.1) is 6.92 Å². The van der Waals surface area contributed by atoms with Crippen molar-refractivity contribution in [1.82, 2.24) is 9.88 Å². The third-order valence-corrected chi connectivity index (χ3v) is 4.53. The molecule has 0 radical (unpaired) electrons. The van der Waals surface area contributed by atoms with Crippen molar-refractivity contribution in [3.05, 3.63) is 40.9 Å². The van der Waals surface area contributed by atoms with Crippen molar-refractivity contribution < 1.29 is 9.90 Å². The standard InChI is InChI=1S/C15H17N3O2S/c1-11-10-12(19)2-3-13(11)14(20)17-5-7-18(8-6-17)15-16-4-9-21-15/h2-4,9-10,19H,5-8H2,1H3. The van der Waals surface area contributed by atoms with Crippen LogP contribution >= 0.6 is 11.3 Å². The van der Waals surface area contributed by atoms with Gasteiger partial charge in [-0.05, 0) is 30.7 Å². The fourth-order valence-corrected chi connectivity index (χ4v) is 3.23. The minimum Gasteiger partial charge on any atom is -0.508 e. The molecule has 1 amide bonds. The van der Waals surface area contributed by atoms with Gasteiger partial charge in [0.25, 0.3) is 5.91 Å². The van der Waals surface area contributed by atoms with E-state index in [-0.39, 0.29) is 11.7 Å². The van der Waals surface area contributed by atoms with Crippen LogP contribution in [-0.4, -0.2) is 47.1 Å². The van der Waals surface area contributed by atoms with Crippen molar-refractivity contribution in [2.45, 2.75) is 6.92 Å². The number of phenolic OH excluding ortho intramolecular Hbond substituents is 1. The number of benzene rings is 1. The molecule has 5 nitrogen and oxygen atoms in total. The van der Waals surface area contributed by atoms with Gasteiger partial charge in [0.2, 0.25) is 0 Å². The summed E-state index contributed by atoms with van der Waals surface area (Å²) < 4.78 is 0. The van der Waals surface area contributed by atoms with Gasteiger partial charge < -0.3 is 14.9 Å². The number of carbonyl (C=O) groups is 1. The lowest BCUT2D eigenvalue weighted by Gasteiger charge is -2.34. The van der Waals surface area contributed by atoms with Gasteiger partial charge in [0, 0.05) is 43.3 Å². The van der Waals surface area contributed by atoms with Gasteiger partial charge in [0.15, 0.2) is 5.13 Å². The van der Waals surface area contributed by atoms with Crippen LogP contribution < -0.4 is 4.90 Å². The molecule has 3 rings (SSSR count). The number of piperazine rings is 1. The summed E-state index contributed by atoms with van der Waals surface area (Å²) in [6.07, 6.45) is 1.80. The molecule has 0 bridgehead atoms. The number of amides is 1. The minimum atomic E-state index is 0.0336. The summed E-state index contributed by atoms with van der Waals surface area (Å²) in [7, 11) is 0. The van der Waals surface area contributed by atoms with E-state index in [0.29, 0.717) is 18.7 Å². The summed E-state index contributed by atoms with van der Waals surface area (Å²) in [5.41, 5.74) is 1.47. The first-order valence-electron chi connectivity index (χ1n) is 6.88. The number of hydrogen-bond acceptors (Lipinski definition) is 5. The van der Waals surface area contributed by atoms with E-state index in [9.17, 15) is 9.90 Å². The lowest BCUT2D eigenvalue weighted by Crippen LogP contribution is -2.48. The number of phenols is 1. The number of aryl methyl sites for hydroxylation is 1. The summed E-state index contributed by atoms with van der Waals surface area (Å²) in [5, 5.41) is 12.4. The van der Waals surface area contributed by atoms with Crippen LogP contribution in [0.5, 0.6) is 5.75 Å². The molecule has 21 heavy (non-hydrogen) atoms. The van der Waals surface area contributed by atoms with Crippen molar-refractivity contribution in [3.8, 4) is 5.75 Å². The third-order valence-electron chi connectivity index (χ3n) is 3.70. The molecule has 0 unspecified atom stereocenters. The highest BCUT2D eigenvalue weighted by Gasteiger charge is 2.24. The normalized spacial score (nSPS) is 15.3. The van der Waals surface area contributed by atoms with Crippen molar-refractivity contribution in [1.29, 1.82) is 0 Å². The van der Waals surface area contributed by atoms with Crippen molar-refractivity contribution in [2.75, 3.05) is 31.1 Å². The Hall–Kier alpha value is -2.08. The van der Waals surface area contributed by atoms with Gasteiger partial charge in [0.05, 0.1) is 0 Å². The van der Waals surface area contributed by atoms with Crippen LogP contribution in [0.25, 0.3) is 0 Å². The molecule has 1 aliphatic heterocycles. The number of carbonyl (C=O) groups excluding carboxylic acids is 1. The number of aromatic hydroxyl groups is 1. The average molecular weight is 303 g/mol. The van der Waals surface area contributed by atoms with Gasteiger partial charge in [-0.1, -0.05) is 0 Å². The number of aromatic nitrogens is 1. The molecule has 0 aliphatic carbocycles. The lowest BCUT2D eigenvalue weighted by atomic mass is 10.1. The predicted octanol–water partition coefficient (Wildman–Crippen LogP) is 2.12. The molecule has 2 aromatic rings. The second-order valence-electron chi connectivity index (χ2n) is 5.09. The van der Waals surface area contributed by atoms with Crippen LogP contribution in [-0.2, 0) is 0 Å². The number of nitrogens with zero attached hydrogens (tertiary/aromatic N) is 3. The van der Waals surface area contributed by atoms with Crippen LogP contribution in [0.15, 0.2) is 29.8 Å². The topological polar surface area (TPSA) is 56.7 Å². The quantitative estimate of drug-likeness (QED) is 0.923. The van der Waals surface area contributed by atoms with Crippen LogP contribution in [0.2, 0.25) is 0 Å². The Morgan fingerprint density at radius 2 is 2.05 bits per heavy atom. The zero-order valence-electron chi connectivity index (χ0n) is 11.8. The molecule has 1 aromatic carbocycles. The van der Waals surface area contributed by atoms with Gasteiger partial charge in [-0.2, -0.15) is 0 Å². The number of anilines is 1. The van der Waals surface area contributed by atoms with E-state index in [1.165, 1.54) is 0 Å². The Bertz CT molecular complexity index is 634. The Balaban J connectivity index is 1.67. The summed E-state index contributed by atoms with van der Waals surface area (Å²) in [6, 6.07) is 4.88. The van der Waals surface area contributed by atoms with Gasteiger partial charge in [-0.3, -0.25) is 4.79 Å². The van der Waals surface area contributed by atoms with Gasteiger partial charge in [-0.25, -0.2) is 4.98 Å². The molecule has 1 N–H and O–H groups in total.